The van der Waals surface area contributed by atoms with Gasteiger partial charge in [-0.15, -0.1) is 11.6 Å². The first-order valence-electron chi connectivity index (χ1n) is 7.05. The Hall–Kier alpha value is -0.480. The van der Waals surface area contributed by atoms with Crippen LogP contribution >= 0.6 is 34.8 Å². The van der Waals surface area contributed by atoms with Gasteiger partial charge >= 0.3 is 0 Å². The second kappa shape index (κ2) is 5.96. The van der Waals surface area contributed by atoms with Crippen LogP contribution in [0.4, 0.5) is 0 Å². The van der Waals surface area contributed by atoms with Crippen LogP contribution in [0, 0.1) is 0 Å². The first kappa shape index (κ1) is 15.4. The van der Waals surface area contributed by atoms with Gasteiger partial charge in [0.05, 0.1) is 32.6 Å². The van der Waals surface area contributed by atoms with Gasteiger partial charge in [-0.3, -0.25) is 0 Å². The van der Waals surface area contributed by atoms with Crippen molar-refractivity contribution in [3.05, 3.63) is 28.0 Å². The molecule has 114 valence electrons. The van der Waals surface area contributed by atoms with Crippen molar-refractivity contribution in [2.45, 2.75) is 43.7 Å². The van der Waals surface area contributed by atoms with E-state index in [-0.39, 0.29) is 5.38 Å². The highest BCUT2D eigenvalue weighted by molar-refractivity contribution is 6.42. The lowest BCUT2D eigenvalue weighted by molar-refractivity contribution is 0.106. The van der Waals surface area contributed by atoms with Gasteiger partial charge in [0.2, 0.25) is 0 Å². The minimum Gasteiger partial charge on any atom is -0.381 e. The molecule has 0 spiro atoms. The highest BCUT2D eigenvalue weighted by atomic mass is 35.5. The number of rotatable bonds is 3. The number of benzene rings is 1. The molecule has 1 aromatic heterocycles. The first-order chi connectivity index (χ1) is 10.0. The fourth-order valence-corrected chi connectivity index (χ4v) is 3.61. The maximum absolute atomic E-state index is 6.33. The Morgan fingerprint density at radius 3 is 2.62 bits per heavy atom. The molecule has 1 saturated carbocycles. The number of hydrogen-bond donors (Lipinski definition) is 0. The average Bonchev–Trinajstić information content (AvgIpc) is 3.03. The average molecular weight is 348 g/mol. The van der Waals surface area contributed by atoms with E-state index in [4.69, 9.17) is 39.5 Å². The zero-order chi connectivity index (χ0) is 15.1. The fraction of sp³-hybridized carbons (Fsp3) is 0.533. The van der Waals surface area contributed by atoms with Crippen molar-refractivity contribution >= 4 is 45.8 Å². The number of ether oxygens (including phenoxy) is 1. The SMILES string of the molecule is COC1CCC(n2c(C(C)Cl)nc3cc(Cl)c(Cl)cc32)C1. The minimum absolute atomic E-state index is 0.170. The van der Waals surface area contributed by atoms with E-state index in [0.29, 0.717) is 22.2 Å². The summed E-state index contributed by atoms with van der Waals surface area (Å²) in [5.41, 5.74) is 1.83. The van der Waals surface area contributed by atoms with Crippen LogP contribution in [0.2, 0.25) is 10.0 Å². The standard InChI is InChI=1S/C15H17Cl3N2O/c1-8(16)15-19-13-6-11(17)12(18)7-14(13)20(15)9-3-4-10(5-9)21-2/h6-10H,3-5H2,1-2H3. The molecule has 1 fully saturated rings. The largest absolute Gasteiger partial charge is 0.381 e. The third-order valence-electron chi connectivity index (χ3n) is 4.17. The van der Waals surface area contributed by atoms with Crippen LogP contribution in [0.25, 0.3) is 11.0 Å². The Balaban J connectivity index is 2.14. The zero-order valence-corrected chi connectivity index (χ0v) is 14.2. The summed E-state index contributed by atoms with van der Waals surface area (Å²) < 4.78 is 7.70. The van der Waals surface area contributed by atoms with Gasteiger partial charge in [-0.1, -0.05) is 23.2 Å². The molecule has 0 radical (unpaired) electrons. The molecular formula is C15H17Cl3N2O. The van der Waals surface area contributed by atoms with Gasteiger partial charge in [-0.25, -0.2) is 4.98 Å². The molecule has 3 rings (SSSR count). The van der Waals surface area contributed by atoms with E-state index in [9.17, 15) is 0 Å². The third kappa shape index (κ3) is 2.77. The number of methoxy groups -OCH3 is 1. The molecule has 2 aromatic rings. The van der Waals surface area contributed by atoms with E-state index in [1.807, 2.05) is 13.0 Å². The molecule has 0 amide bonds. The highest BCUT2D eigenvalue weighted by Crippen LogP contribution is 2.39. The molecule has 0 saturated heterocycles. The van der Waals surface area contributed by atoms with Gasteiger partial charge in [0.15, 0.2) is 0 Å². The Morgan fingerprint density at radius 1 is 1.29 bits per heavy atom. The monoisotopic (exact) mass is 346 g/mol. The van der Waals surface area contributed by atoms with Crippen LogP contribution in [0.15, 0.2) is 12.1 Å². The van der Waals surface area contributed by atoms with Crippen molar-refractivity contribution in [2.24, 2.45) is 0 Å². The molecule has 1 aromatic carbocycles. The van der Waals surface area contributed by atoms with Crippen LogP contribution in [-0.4, -0.2) is 22.8 Å². The van der Waals surface area contributed by atoms with Crippen molar-refractivity contribution in [1.29, 1.82) is 0 Å². The van der Waals surface area contributed by atoms with Gasteiger partial charge in [-0.2, -0.15) is 0 Å². The van der Waals surface area contributed by atoms with Gasteiger partial charge in [0, 0.05) is 13.2 Å². The lowest BCUT2D eigenvalue weighted by Crippen LogP contribution is -2.12. The van der Waals surface area contributed by atoms with E-state index < -0.39 is 0 Å². The zero-order valence-electron chi connectivity index (χ0n) is 11.9. The Bertz CT molecular complexity index is 668. The predicted octanol–water partition coefficient (Wildman–Crippen LogP) is 5.38. The molecule has 1 heterocycles. The summed E-state index contributed by atoms with van der Waals surface area (Å²) in [5, 5.41) is 0.890. The smallest absolute Gasteiger partial charge is 0.127 e. The second-order valence-corrected chi connectivity index (χ2v) is 7.00. The summed E-state index contributed by atoms with van der Waals surface area (Å²) in [4.78, 5) is 4.66. The van der Waals surface area contributed by atoms with Gasteiger partial charge in [0.25, 0.3) is 0 Å². The fourth-order valence-electron chi connectivity index (χ4n) is 3.14. The number of fused-ring (bicyclic) bond motifs is 1. The number of imidazole rings is 1. The maximum Gasteiger partial charge on any atom is 0.127 e. The second-order valence-electron chi connectivity index (χ2n) is 5.54. The van der Waals surface area contributed by atoms with E-state index in [1.165, 1.54) is 0 Å². The molecule has 0 bridgehead atoms. The summed E-state index contributed by atoms with van der Waals surface area (Å²) in [6.45, 7) is 1.94. The van der Waals surface area contributed by atoms with Crippen molar-refractivity contribution < 1.29 is 4.74 Å². The normalized spacial score (nSPS) is 23.9. The number of halogens is 3. The van der Waals surface area contributed by atoms with Crippen molar-refractivity contribution in [3.8, 4) is 0 Å². The molecule has 3 unspecified atom stereocenters. The molecule has 21 heavy (non-hydrogen) atoms. The van der Waals surface area contributed by atoms with E-state index >= 15 is 0 Å². The number of alkyl halides is 1. The van der Waals surface area contributed by atoms with Crippen LogP contribution in [0.5, 0.6) is 0 Å². The van der Waals surface area contributed by atoms with E-state index in [1.54, 1.807) is 13.2 Å². The van der Waals surface area contributed by atoms with Gasteiger partial charge in [0.1, 0.15) is 5.82 Å². The number of nitrogens with zero attached hydrogens (tertiary/aromatic N) is 2. The van der Waals surface area contributed by atoms with Gasteiger partial charge < -0.3 is 9.30 Å². The van der Waals surface area contributed by atoms with Crippen molar-refractivity contribution in [3.63, 3.8) is 0 Å². The van der Waals surface area contributed by atoms with Crippen LogP contribution in [-0.2, 0) is 4.74 Å². The van der Waals surface area contributed by atoms with Crippen LogP contribution < -0.4 is 0 Å². The molecule has 0 N–H and O–H groups in total. The lowest BCUT2D eigenvalue weighted by atomic mass is 10.2. The van der Waals surface area contributed by atoms with E-state index in [0.717, 1.165) is 36.1 Å². The van der Waals surface area contributed by atoms with Crippen molar-refractivity contribution in [1.82, 2.24) is 9.55 Å². The first-order valence-corrected chi connectivity index (χ1v) is 8.24. The quantitative estimate of drug-likeness (QED) is 0.697. The number of hydrogen-bond acceptors (Lipinski definition) is 2. The maximum atomic E-state index is 6.33. The summed E-state index contributed by atoms with van der Waals surface area (Å²) >= 11 is 18.6. The van der Waals surface area contributed by atoms with Crippen LogP contribution in [0.1, 0.15) is 43.4 Å². The summed E-state index contributed by atoms with van der Waals surface area (Å²) in [5.74, 6) is 0.867. The summed E-state index contributed by atoms with van der Waals surface area (Å²) in [6, 6.07) is 4.03. The van der Waals surface area contributed by atoms with Gasteiger partial charge in [-0.05, 0) is 38.3 Å². The number of aromatic nitrogens is 2. The van der Waals surface area contributed by atoms with Crippen LogP contribution in [0.3, 0.4) is 0 Å². The molecule has 3 atom stereocenters. The predicted molar refractivity (Wildman–Crippen MR) is 87.7 cm³/mol. The minimum atomic E-state index is -0.170. The molecule has 0 aliphatic heterocycles. The Morgan fingerprint density at radius 2 is 2.00 bits per heavy atom. The lowest BCUT2D eigenvalue weighted by Gasteiger charge is -2.18. The highest BCUT2D eigenvalue weighted by Gasteiger charge is 2.30. The van der Waals surface area contributed by atoms with Crippen molar-refractivity contribution in [2.75, 3.05) is 7.11 Å². The third-order valence-corrected chi connectivity index (χ3v) is 5.09. The Kier molecular flexibility index (Phi) is 4.37. The Labute approximate surface area is 139 Å². The molecule has 3 nitrogen and oxygen atoms in total. The molecular weight excluding hydrogens is 331 g/mol. The van der Waals surface area contributed by atoms with E-state index in [2.05, 4.69) is 9.55 Å². The molecule has 6 heteroatoms. The molecule has 1 aliphatic rings. The summed E-state index contributed by atoms with van der Waals surface area (Å²) in [7, 11) is 1.76. The molecule has 1 aliphatic carbocycles. The summed E-state index contributed by atoms with van der Waals surface area (Å²) in [6.07, 6.45) is 3.38. The topological polar surface area (TPSA) is 27.1 Å².